The molecule has 0 amide bonds. The predicted octanol–water partition coefficient (Wildman–Crippen LogP) is 4.24. The summed E-state index contributed by atoms with van der Waals surface area (Å²) in [6, 6.07) is 19.1. The molecule has 0 N–H and O–H groups in total. The molecule has 0 aliphatic carbocycles. The molecule has 0 saturated carbocycles. The second-order valence-corrected chi connectivity index (χ2v) is 5.28. The molecule has 0 unspecified atom stereocenters. The second-order valence-electron chi connectivity index (χ2n) is 5.28. The molecule has 98 valence electrons. The third-order valence-electron chi connectivity index (χ3n) is 4.09. The van der Waals surface area contributed by atoms with Gasteiger partial charge in [-0.1, -0.05) is 36.4 Å². The van der Waals surface area contributed by atoms with E-state index >= 15 is 0 Å². The van der Waals surface area contributed by atoms with E-state index in [-0.39, 0.29) is 0 Å². The quantitative estimate of drug-likeness (QED) is 0.650. The standard InChI is InChI=1S/C18H16N2/c1-13-15-11-12-20(14-7-3-2-4-8-14)18(15)16-9-5-6-10-17(16)19-13/h2-10H,11-12H2,1H3. The van der Waals surface area contributed by atoms with Gasteiger partial charge in [0.25, 0.3) is 0 Å². The number of anilines is 2. The zero-order valence-electron chi connectivity index (χ0n) is 11.5. The highest BCUT2D eigenvalue weighted by molar-refractivity contribution is 5.97. The Morgan fingerprint density at radius 2 is 1.70 bits per heavy atom. The van der Waals surface area contributed by atoms with Gasteiger partial charge in [0.2, 0.25) is 0 Å². The Morgan fingerprint density at radius 3 is 2.55 bits per heavy atom. The number of nitrogens with zero attached hydrogens (tertiary/aromatic N) is 2. The van der Waals surface area contributed by atoms with E-state index in [0.717, 1.165) is 24.2 Å². The number of pyridine rings is 1. The molecule has 0 radical (unpaired) electrons. The van der Waals surface area contributed by atoms with Crippen LogP contribution >= 0.6 is 0 Å². The number of fused-ring (bicyclic) bond motifs is 3. The van der Waals surface area contributed by atoms with Crippen molar-refractivity contribution in [1.82, 2.24) is 4.98 Å². The zero-order valence-corrected chi connectivity index (χ0v) is 11.5. The monoisotopic (exact) mass is 260 g/mol. The molecule has 3 aromatic rings. The van der Waals surface area contributed by atoms with Crippen molar-refractivity contribution in [3.63, 3.8) is 0 Å². The average molecular weight is 260 g/mol. The van der Waals surface area contributed by atoms with E-state index in [9.17, 15) is 0 Å². The van der Waals surface area contributed by atoms with Crippen molar-refractivity contribution in [2.75, 3.05) is 11.4 Å². The molecular formula is C18H16N2. The highest BCUT2D eigenvalue weighted by Crippen LogP contribution is 2.40. The third-order valence-corrected chi connectivity index (χ3v) is 4.09. The molecule has 2 nitrogen and oxygen atoms in total. The van der Waals surface area contributed by atoms with Gasteiger partial charge in [0.1, 0.15) is 0 Å². The first-order valence-electron chi connectivity index (χ1n) is 7.05. The number of hydrogen-bond acceptors (Lipinski definition) is 2. The van der Waals surface area contributed by atoms with Gasteiger partial charge in [0, 0.05) is 23.3 Å². The van der Waals surface area contributed by atoms with E-state index in [0.29, 0.717) is 0 Å². The summed E-state index contributed by atoms with van der Waals surface area (Å²) in [5.41, 5.74) is 6.26. The Morgan fingerprint density at radius 1 is 0.950 bits per heavy atom. The number of benzene rings is 2. The first-order chi connectivity index (χ1) is 9.84. The third kappa shape index (κ3) is 1.61. The number of rotatable bonds is 1. The van der Waals surface area contributed by atoms with Crippen LogP contribution < -0.4 is 4.90 Å². The van der Waals surface area contributed by atoms with Crippen LogP contribution in [0.4, 0.5) is 11.4 Å². The van der Waals surface area contributed by atoms with Crippen LogP contribution in [0.25, 0.3) is 10.9 Å². The Labute approximate surface area is 118 Å². The molecule has 1 aliphatic heterocycles. The number of aromatic nitrogens is 1. The molecular weight excluding hydrogens is 244 g/mol. The molecule has 2 heterocycles. The van der Waals surface area contributed by atoms with Gasteiger partial charge in [-0.15, -0.1) is 0 Å². The molecule has 20 heavy (non-hydrogen) atoms. The molecule has 0 atom stereocenters. The van der Waals surface area contributed by atoms with Gasteiger partial charge in [-0.25, -0.2) is 0 Å². The largest absolute Gasteiger partial charge is 0.340 e. The van der Waals surface area contributed by atoms with Crippen molar-refractivity contribution < 1.29 is 0 Å². The summed E-state index contributed by atoms with van der Waals surface area (Å²) in [6.07, 6.45) is 1.08. The fourth-order valence-corrected chi connectivity index (χ4v) is 3.16. The summed E-state index contributed by atoms with van der Waals surface area (Å²) in [4.78, 5) is 7.17. The zero-order chi connectivity index (χ0) is 13.5. The molecule has 1 aromatic heterocycles. The van der Waals surface area contributed by atoms with Crippen molar-refractivity contribution in [3.05, 3.63) is 65.9 Å². The van der Waals surface area contributed by atoms with Crippen LogP contribution in [0, 0.1) is 6.92 Å². The minimum atomic E-state index is 1.04. The van der Waals surface area contributed by atoms with Gasteiger partial charge in [-0.2, -0.15) is 0 Å². The summed E-state index contributed by atoms with van der Waals surface area (Å²) < 4.78 is 0. The molecule has 0 saturated heterocycles. The first-order valence-corrected chi connectivity index (χ1v) is 7.05. The van der Waals surface area contributed by atoms with Crippen LogP contribution in [0.1, 0.15) is 11.3 Å². The molecule has 0 fully saturated rings. The molecule has 2 aromatic carbocycles. The van der Waals surface area contributed by atoms with Gasteiger partial charge in [-0.3, -0.25) is 4.98 Å². The number of hydrogen-bond donors (Lipinski definition) is 0. The van der Waals surface area contributed by atoms with Crippen molar-refractivity contribution in [3.8, 4) is 0 Å². The van der Waals surface area contributed by atoms with Crippen LogP contribution in [0.3, 0.4) is 0 Å². The van der Waals surface area contributed by atoms with E-state index in [1.807, 2.05) is 0 Å². The smallest absolute Gasteiger partial charge is 0.0726 e. The fourth-order valence-electron chi connectivity index (χ4n) is 3.16. The van der Waals surface area contributed by atoms with E-state index < -0.39 is 0 Å². The van der Waals surface area contributed by atoms with Gasteiger partial charge >= 0.3 is 0 Å². The van der Waals surface area contributed by atoms with Crippen molar-refractivity contribution in [2.45, 2.75) is 13.3 Å². The molecule has 0 spiro atoms. The molecule has 0 bridgehead atoms. The normalized spacial score (nSPS) is 13.8. The first kappa shape index (κ1) is 11.5. The predicted molar refractivity (Wildman–Crippen MR) is 83.6 cm³/mol. The van der Waals surface area contributed by atoms with E-state index in [1.165, 1.54) is 22.3 Å². The topological polar surface area (TPSA) is 16.1 Å². The average Bonchev–Trinajstić information content (AvgIpc) is 2.94. The highest BCUT2D eigenvalue weighted by Gasteiger charge is 2.25. The summed E-state index contributed by atoms with van der Waals surface area (Å²) in [5, 5.41) is 1.26. The van der Waals surface area contributed by atoms with Crippen LogP contribution in [0.15, 0.2) is 54.6 Å². The Balaban J connectivity index is 2.00. The minimum absolute atomic E-state index is 1.04. The maximum atomic E-state index is 4.75. The summed E-state index contributed by atoms with van der Waals surface area (Å²) >= 11 is 0. The van der Waals surface area contributed by atoms with Crippen molar-refractivity contribution >= 4 is 22.3 Å². The number of para-hydroxylation sites is 2. The minimum Gasteiger partial charge on any atom is -0.340 e. The van der Waals surface area contributed by atoms with E-state index in [4.69, 9.17) is 4.98 Å². The van der Waals surface area contributed by atoms with Crippen LogP contribution in [0.2, 0.25) is 0 Å². The van der Waals surface area contributed by atoms with E-state index in [2.05, 4.69) is 66.4 Å². The van der Waals surface area contributed by atoms with Crippen molar-refractivity contribution in [2.24, 2.45) is 0 Å². The highest BCUT2D eigenvalue weighted by atomic mass is 15.2. The van der Waals surface area contributed by atoms with Crippen LogP contribution in [0.5, 0.6) is 0 Å². The second kappa shape index (κ2) is 4.34. The van der Waals surface area contributed by atoms with Gasteiger partial charge in [0.15, 0.2) is 0 Å². The fraction of sp³-hybridized carbons (Fsp3) is 0.167. The summed E-state index contributed by atoms with van der Waals surface area (Å²) in [7, 11) is 0. The van der Waals surface area contributed by atoms with Crippen molar-refractivity contribution in [1.29, 1.82) is 0 Å². The Kier molecular flexibility index (Phi) is 2.49. The van der Waals surface area contributed by atoms with Crippen LogP contribution in [-0.4, -0.2) is 11.5 Å². The molecule has 4 rings (SSSR count). The molecule has 2 heteroatoms. The van der Waals surface area contributed by atoms with Crippen LogP contribution in [-0.2, 0) is 6.42 Å². The SMILES string of the molecule is Cc1nc2ccccc2c2c1CCN2c1ccccc1. The lowest BCUT2D eigenvalue weighted by Gasteiger charge is -2.21. The maximum Gasteiger partial charge on any atom is 0.0726 e. The number of aryl methyl sites for hydroxylation is 1. The van der Waals surface area contributed by atoms with E-state index in [1.54, 1.807) is 0 Å². The summed E-state index contributed by atoms with van der Waals surface area (Å²) in [6.45, 7) is 3.16. The maximum absolute atomic E-state index is 4.75. The lowest BCUT2D eigenvalue weighted by Crippen LogP contribution is -2.13. The Bertz CT molecular complexity index is 778. The molecule has 1 aliphatic rings. The lowest BCUT2D eigenvalue weighted by atomic mass is 10.1. The van der Waals surface area contributed by atoms with Gasteiger partial charge in [-0.05, 0) is 37.1 Å². The van der Waals surface area contributed by atoms with Gasteiger partial charge in [0.05, 0.1) is 11.2 Å². The van der Waals surface area contributed by atoms with Gasteiger partial charge < -0.3 is 4.90 Å². The Hall–Kier alpha value is -2.35. The summed E-state index contributed by atoms with van der Waals surface area (Å²) in [5.74, 6) is 0. The lowest BCUT2D eigenvalue weighted by molar-refractivity contribution is 0.989.